The molecule has 0 spiro atoms. The topological polar surface area (TPSA) is 66.5 Å². The molecule has 1 saturated carbocycles. The lowest BCUT2D eigenvalue weighted by Crippen LogP contribution is -2.39. The molecule has 1 N–H and O–H groups in total. The van der Waals surface area contributed by atoms with E-state index in [2.05, 4.69) is 17.3 Å². The van der Waals surface area contributed by atoms with Crippen LogP contribution in [0, 0.1) is 0 Å². The predicted octanol–water partition coefficient (Wildman–Crippen LogP) is 4.35. The van der Waals surface area contributed by atoms with Crippen LogP contribution in [0.15, 0.2) is 29.2 Å². The van der Waals surface area contributed by atoms with Gasteiger partial charge in [0.25, 0.3) is 5.91 Å². The van der Waals surface area contributed by atoms with Crippen molar-refractivity contribution in [2.75, 3.05) is 20.1 Å². The van der Waals surface area contributed by atoms with E-state index >= 15 is 0 Å². The minimum Gasteiger partial charge on any atom is -0.350 e. The van der Waals surface area contributed by atoms with Crippen molar-refractivity contribution in [1.82, 2.24) is 10.2 Å². The Bertz CT molecular complexity index is 1030. The fourth-order valence-corrected chi connectivity index (χ4v) is 7.37. The van der Waals surface area contributed by atoms with Crippen molar-refractivity contribution in [2.45, 2.75) is 48.8 Å². The normalized spacial score (nSPS) is 18.3. The van der Waals surface area contributed by atoms with Crippen LogP contribution < -0.4 is 5.32 Å². The molecule has 1 aromatic carbocycles. The number of rotatable bonds is 5. The van der Waals surface area contributed by atoms with Crippen LogP contribution in [0.2, 0.25) is 5.02 Å². The molecule has 0 radical (unpaired) electrons. The van der Waals surface area contributed by atoms with Crippen LogP contribution in [-0.2, 0) is 15.6 Å². The van der Waals surface area contributed by atoms with Crippen LogP contribution in [-0.4, -0.2) is 45.4 Å². The van der Waals surface area contributed by atoms with Gasteiger partial charge >= 0.3 is 0 Å². The molecule has 1 aliphatic heterocycles. The summed E-state index contributed by atoms with van der Waals surface area (Å²) in [5, 5.41) is 3.39. The standard InChI is InChI=1S/C21H25ClN2O3S2/c1-24(16-5-3-2-4-6-16)10-9-23-21(25)18-11-14-13-29(26,27)19-12-15(22)7-8-17(19)20(14)28-18/h7-8,11-12,16H,2-6,9-10,13H2,1H3,(H,23,25). The number of carbonyl (C=O) groups is 1. The first kappa shape index (κ1) is 20.8. The summed E-state index contributed by atoms with van der Waals surface area (Å²) in [5.41, 5.74) is 1.33. The number of hydrogen-bond donors (Lipinski definition) is 1. The average molecular weight is 453 g/mol. The average Bonchev–Trinajstić information content (AvgIpc) is 3.12. The Labute approximate surface area is 181 Å². The maximum absolute atomic E-state index is 12.7. The summed E-state index contributed by atoms with van der Waals surface area (Å²) in [7, 11) is -1.32. The molecule has 0 atom stereocenters. The van der Waals surface area contributed by atoms with Gasteiger partial charge in [0, 0.05) is 34.6 Å². The van der Waals surface area contributed by atoms with E-state index in [0.29, 0.717) is 33.6 Å². The summed E-state index contributed by atoms with van der Waals surface area (Å²) in [6, 6.07) is 7.24. The lowest BCUT2D eigenvalue weighted by atomic mass is 9.94. The molecule has 8 heteroatoms. The third kappa shape index (κ3) is 4.38. The predicted molar refractivity (Wildman–Crippen MR) is 117 cm³/mol. The van der Waals surface area contributed by atoms with Crippen LogP contribution in [0.3, 0.4) is 0 Å². The first-order chi connectivity index (χ1) is 13.8. The molecule has 1 aliphatic carbocycles. The fourth-order valence-electron chi connectivity index (χ4n) is 4.24. The first-order valence-electron chi connectivity index (χ1n) is 9.99. The van der Waals surface area contributed by atoms with Gasteiger partial charge in [-0.05, 0) is 43.7 Å². The van der Waals surface area contributed by atoms with Crippen LogP contribution in [0.25, 0.3) is 10.4 Å². The van der Waals surface area contributed by atoms with Crippen molar-refractivity contribution in [3.8, 4) is 10.4 Å². The van der Waals surface area contributed by atoms with Gasteiger partial charge in [0.2, 0.25) is 0 Å². The molecule has 156 valence electrons. The number of thiophene rings is 1. The van der Waals surface area contributed by atoms with Gasteiger partial charge in [0.05, 0.1) is 15.5 Å². The van der Waals surface area contributed by atoms with Crippen molar-refractivity contribution in [3.63, 3.8) is 0 Å². The number of nitrogens with zero attached hydrogens (tertiary/aromatic N) is 1. The minimum atomic E-state index is -3.45. The summed E-state index contributed by atoms with van der Waals surface area (Å²) in [4.78, 5) is 16.6. The fraction of sp³-hybridized carbons (Fsp3) is 0.476. The quantitative estimate of drug-likeness (QED) is 0.732. The van der Waals surface area contributed by atoms with Crippen molar-refractivity contribution in [1.29, 1.82) is 0 Å². The largest absolute Gasteiger partial charge is 0.350 e. The number of likely N-dealkylation sites (N-methyl/N-ethyl adjacent to an activating group) is 1. The zero-order valence-corrected chi connectivity index (χ0v) is 18.8. The van der Waals surface area contributed by atoms with Gasteiger partial charge in [-0.15, -0.1) is 11.3 Å². The Morgan fingerprint density at radius 3 is 2.76 bits per heavy atom. The van der Waals surface area contributed by atoms with Crippen molar-refractivity contribution >= 4 is 38.7 Å². The molecule has 1 fully saturated rings. The summed E-state index contributed by atoms with van der Waals surface area (Å²) in [6.07, 6.45) is 6.38. The van der Waals surface area contributed by atoms with Gasteiger partial charge in [-0.25, -0.2) is 8.42 Å². The zero-order chi connectivity index (χ0) is 20.6. The Balaban J connectivity index is 1.45. The highest BCUT2D eigenvalue weighted by Crippen LogP contribution is 2.43. The van der Waals surface area contributed by atoms with E-state index in [1.54, 1.807) is 18.2 Å². The summed E-state index contributed by atoms with van der Waals surface area (Å²) in [5.74, 6) is -0.237. The first-order valence-corrected chi connectivity index (χ1v) is 12.8. The molecular weight excluding hydrogens is 428 g/mol. The Kier molecular flexibility index (Phi) is 6.02. The molecule has 1 amide bonds. The highest BCUT2D eigenvalue weighted by atomic mass is 35.5. The molecule has 0 saturated heterocycles. The second-order valence-corrected chi connectivity index (χ2v) is 11.3. The van der Waals surface area contributed by atoms with Gasteiger partial charge < -0.3 is 10.2 Å². The summed E-state index contributed by atoms with van der Waals surface area (Å²) < 4.78 is 25.2. The number of halogens is 1. The maximum atomic E-state index is 12.7. The number of benzene rings is 1. The van der Waals surface area contributed by atoms with Crippen LogP contribution in [0.4, 0.5) is 0 Å². The number of sulfone groups is 1. The zero-order valence-electron chi connectivity index (χ0n) is 16.4. The van der Waals surface area contributed by atoms with Gasteiger partial charge in [-0.1, -0.05) is 36.9 Å². The van der Waals surface area contributed by atoms with E-state index in [1.165, 1.54) is 49.5 Å². The van der Waals surface area contributed by atoms with Gasteiger partial charge in [-0.3, -0.25) is 4.79 Å². The Morgan fingerprint density at radius 2 is 2.00 bits per heavy atom. The number of fused-ring (bicyclic) bond motifs is 3. The van der Waals surface area contributed by atoms with Crippen molar-refractivity contribution in [3.05, 3.63) is 39.7 Å². The van der Waals surface area contributed by atoms with E-state index in [-0.39, 0.29) is 16.6 Å². The van der Waals surface area contributed by atoms with Crippen LogP contribution in [0.5, 0.6) is 0 Å². The second kappa shape index (κ2) is 8.38. The lowest BCUT2D eigenvalue weighted by Gasteiger charge is -2.31. The number of amides is 1. The van der Waals surface area contributed by atoms with E-state index in [9.17, 15) is 13.2 Å². The van der Waals surface area contributed by atoms with Gasteiger partial charge in [0.1, 0.15) is 0 Å². The molecule has 29 heavy (non-hydrogen) atoms. The van der Waals surface area contributed by atoms with Gasteiger partial charge in [-0.2, -0.15) is 0 Å². The number of carbonyl (C=O) groups excluding carboxylic acids is 1. The van der Waals surface area contributed by atoms with E-state index in [0.717, 1.165) is 11.4 Å². The smallest absolute Gasteiger partial charge is 0.261 e. The molecular formula is C21H25ClN2O3S2. The van der Waals surface area contributed by atoms with Crippen molar-refractivity contribution in [2.24, 2.45) is 0 Å². The molecule has 1 aromatic heterocycles. The summed E-state index contributed by atoms with van der Waals surface area (Å²) >= 11 is 7.34. The third-order valence-corrected chi connectivity index (χ3v) is 8.99. The number of hydrogen-bond acceptors (Lipinski definition) is 5. The molecule has 2 heterocycles. The minimum absolute atomic E-state index is 0.0934. The van der Waals surface area contributed by atoms with Crippen LogP contribution in [0.1, 0.15) is 47.3 Å². The molecule has 2 aliphatic rings. The molecule has 4 rings (SSSR count). The van der Waals surface area contributed by atoms with Crippen LogP contribution >= 0.6 is 22.9 Å². The molecule has 0 bridgehead atoms. The third-order valence-electron chi connectivity index (χ3n) is 5.85. The Hall–Kier alpha value is -1.41. The number of nitrogens with one attached hydrogen (secondary N) is 1. The highest BCUT2D eigenvalue weighted by Gasteiger charge is 2.31. The lowest BCUT2D eigenvalue weighted by molar-refractivity contribution is 0.0948. The summed E-state index contributed by atoms with van der Waals surface area (Å²) in [6.45, 7) is 1.40. The van der Waals surface area contributed by atoms with E-state index in [4.69, 9.17) is 11.6 Å². The Morgan fingerprint density at radius 1 is 1.24 bits per heavy atom. The molecule has 2 aromatic rings. The van der Waals surface area contributed by atoms with E-state index in [1.807, 2.05) is 0 Å². The monoisotopic (exact) mass is 452 g/mol. The van der Waals surface area contributed by atoms with E-state index < -0.39 is 9.84 Å². The van der Waals surface area contributed by atoms with Crippen molar-refractivity contribution < 1.29 is 13.2 Å². The second-order valence-electron chi connectivity index (χ2n) is 7.89. The SMILES string of the molecule is CN(CCNC(=O)c1cc2c(s1)-c1ccc(Cl)cc1S(=O)(=O)C2)C1CCCCC1. The maximum Gasteiger partial charge on any atom is 0.261 e. The molecule has 5 nitrogen and oxygen atoms in total. The molecule has 0 unspecified atom stereocenters. The highest BCUT2D eigenvalue weighted by molar-refractivity contribution is 7.91. The van der Waals surface area contributed by atoms with Gasteiger partial charge in [0.15, 0.2) is 9.84 Å².